The summed E-state index contributed by atoms with van der Waals surface area (Å²) in [6.45, 7) is 14.4. The van der Waals surface area contributed by atoms with Crippen LogP contribution >= 0.6 is 0 Å². The monoisotopic (exact) mass is 623 g/mol. The molecule has 41 heavy (non-hydrogen) atoms. The number of ketones is 2. The SMILES string of the molecule is C.C.C.C.C.COC(CC(C)C)C(C)=O.COC(CCCCC(=O)NC(C)(C)CS(=O)(=O)O)(CC(C)C)C(C)=O.F. The van der Waals surface area contributed by atoms with Crippen LogP contribution in [0, 0.1) is 11.8 Å². The number of hydrogen-bond donors (Lipinski definition) is 2. The molecule has 0 radical (unpaired) electrons. The van der Waals surface area contributed by atoms with Gasteiger partial charge in [-0.2, -0.15) is 8.42 Å². The number of ether oxygens (including phenoxy) is 2. The molecule has 0 rings (SSSR count). The highest BCUT2D eigenvalue weighted by Crippen LogP contribution is 2.28. The molecule has 0 saturated carbocycles. The molecule has 11 heteroatoms. The maximum absolute atomic E-state index is 12.0. The largest absolute Gasteiger partial charge is 0.374 e. The minimum Gasteiger partial charge on any atom is -0.374 e. The molecule has 1 amide bonds. The molecule has 9 nitrogen and oxygen atoms in total. The standard InChI is InChI=1S/C17H33NO6S.C8H16O2.5CH4.FH/c1-13(2)11-17(24-6,14(3)19)10-8-7-9-15(20)18-16(4,5)12-25(21,22)23;1-6(2)5-8(10-4)7(3)9;;;;;;/h13H,7-12H2,1-6H3,(H,18,20)(H,21,22,23);6,8H,5H2,1-4H3;5*1H4;1H. The Labute approximate surface area is 254 Å². The summed E-state index contributed by atoms with van der Waals surface area (Å²) in [6, 6.07) is 0. The average molecular weight is 624 g/mol. The number of hydrogen-bond acceptors (Lipinski definition) is 7. The third-order valence-corrected chi connectivity index (χ3v) is 6.54. The van der Waals surface area contributed by atoms with E-state index in [1.54, 1.807) is 14.0 Å². The molecule has 256 valence electrons. The fourth-order valence-corrected chi connectivity index (χ4v) is 4.88. The van der Waals surface area contributed by atoms with Crippen LogP contribution < -0.4 is 5.32 Å². The Morgan fingerprint density at radius 2 is 1.34 bits per heavy atom. The lowest BCUT2D eigenvalue weighted by molar-refractivity contribution is -0.142. The number of rotatable bonds is 16. The third-order valence-electron chi connectivity index (χ3n) is 5.45. The van der Waals surface area contributed by atoms with Crippen molar-refractivity contribution in [2.75, 3.05) is 20.0 Å². The lowest BCUT2D eigenvalue weighted by atomic mass is 9.84. The molecule has 0 aromatic heterocycles. The van der Waals surface area contributed by atoms with Gasteiger partial charge in [0.05, 0.1) is 11.3 Å². The predicted molar refractivity (Wildman–Crippen MR) is 174 cm³/mol. The highest BCUT2D eigenvalue weighted by atomic mass is 32.2. The van der Waals surface area contributed by atoms with Crippen LogP contribution in [0.5, 0.6) is 0 Å². The first kappa shape index (κ1) is 59.1. The van der Waals surface area contributed by atoms with Gasteiger partial charge < -0.3 is 14.8 Å². The first-order valence-electron chi connectivity index (χ1n) is 12.2. The lowest BCUT2D eigenvalue weighted by Crippen LogP contribution is -2.48. The topological polar surface area (TPSA) is 136 Å². The molecule has 0 aliphatic carbocycles. The molecular formula is C30H70FNO8S. The van der Waals surface area contributed by atoms with Gasteiger partial charge in [0.2, 0.25) is 5.91 Å². The summed E-state index contributed by atoms with van der Waals surface area (Å²) in [5.41, 5.74) is -1.85. The van der Waals surface area contributed by atoms with Gasteiger partial charge in [-0.25, -0.2) is 0 Å². The fourth-order valence-electron chi connectivity index (χ4n) is 3.89. The Morgan fingerprint density at radius 3 is 1.61 bits per heavy atom. The van der Waals surface area contributed by atoms with Gasteiger partial charge in [-0.3, -0.25) is 23.6 Å². The molecule has 0 aromatic rings. The number of nitrogens with one attached hydrogen (secondary N) is 1. The van der Waals surface area contributed by atoms with Crippen molar-refractivity contribution >= 4 is 27.6 Å². The van der Waals surface area contributed by atoms with Gasteiger partial charge in [-0.15, -0.1) is 0 Å². The molecule has 0 heterocycles. The number of carbonyl (C=O) groups is 3. The number of methoxy groups -OCH3 is 2. The summed E-state index contributed by atoms with van der Waals surface area (Å²) in [5.74, 6) is 0.112. The number of carbonyl (C=O) groups excluding carboxylic acids is 3. The van der Waals surface area contributed by atoms with Gasteiger partial charge in [0.15, 0.2) is 11.6 Å². The second-order valence-electron chi connectivity index (χ2n) is 10.7. The van der Waals surface area contributed by atoms with E-state index in [4.69, 9.17) is 14.0 Å². The molecule has 2 N–H and O–H groups in total. The zero-order valence-corrected chi connectivity index (χ0v) is 24.6. The second-order valence-corrected chi connectivity index (χ2v) is 12.1. The van der Waals surface area contributed by atoms with Crippen LogP contribution in [0.3, 0.4) is 0 Å². The van der Waals surface area contributed by atoms with Crippen LogP contribution in [0.25, 0.3) is 0 Å². The Morgan fingerprint density at radius 1 is 0.878 bits per heavy atom. The van der Waals surface area contributed by atoms with E-state index in [1.807, 2.05) is 13.8 Å². The minimum absolute atomic E-state index is 0. The van der Waals surface area contributed by atoms with Gasteiger partial charge in [0.1, 0.15) is 11.7 Å². The van der Waals surface area contributed by atoms with E-state index in [0.29, 0.717) is 37.5 Å². The van der Waals surface area contributed by atoms with Gasteiger partial charge in [0.25, 0.3) is 10.1 Å². The summed E-state index contributed by atoms with van der Waals surface area (Å²) in [4.78, 5) is 34.7. The highest BCUT2D eigenvalue weighted by molar-refractivity contribution is 7.85. The Balaban J connectivity index is -0.0000000985. The maximum Gasteiger partial charge on any atom is 0.267 e. The summed E-state index contributed by atoms with van der Waals surface area (Å²) >= 11 is 0. The van der Waals surface area contributed by atoms with Crippen molar-refractivity contribution in [3.63, 3.8) is 0 Å². The molecule has 0 aromatic carbocycles. The van der Waals surface area contributed by atoms with Crippen LogP contribution in [0.1, 0.15) is 131 Å². The number of amides is 1. The van der Waals surface area contributed by atoms with Crippen LogP contribution in [-0.4, -0.2) is 67.7 Å². The minimum atomic E-state index is -4.17. The second kappa shape index (κ2) is 27.4. The normalized spacial score (nSPS) is 12.5. The van der Waals surface area contributed by atoms with E-state index in [-0.39, 0.29) is 71.8 Å². The zero-order valence-electron chi connectivity index (χ0n) is 23.8. The van der Waals surface area contributed by atoms with Crippen molar-refractivity contribution in [2.45, 2.75) is 148 Å². The molecule has 0 saturated heterocycles. The van der Waals surface area contributed by atoms with Crippen LogP contribution in [0.2, 0.25) is 0 Å². The Kier molecular flexibility index (Phi) is 39.5. The summed E-state index contributed by atoms with van der Waals surface area (Å²) < 4.78 is 41.3. The van der Waals surface area contributed by atoms with E-state index in [2.05, 4.69) is 19.2 Å². The molecule has 0 bridgehead atoms. The summed E-state index contributed by atoms with van der Waals surface area (Å²) in [7, 11) is -1.05. The number of halogens is 1. The number of unbranched alkanes of at least 4 members (excludes halogenated alkanes) is 1. The van der Waals surface area contributed by atoms with Gasteiger partial charge in [-0.05, 0) is 71.6 Å². The van der Waals surface area contributed by atoms with Crippen molar-refractivity contribution in [3.05, 3.63) is 0 Å². The lowest BCUT2D eigenvalue weighted by Gasteiger charge is -2.31. The van der Waals surface area contributed by atoms with Gasteiger partial charge >= 0.3 is 0 Å². The van der Waals surface area contributed by atoms with Crippen LogP contribution in [0.4, 0.5) is 4.70 Å². The van der Waals surface area contributed by atoms with Crippen molar-refractivity contribution in [2.24, 2.45) is 11.8 Å². The van der Waals surface area contributed by atoms with Crippen LogP contribution in [0.15, 0.2) is 0 Å². The number of Topliss-reactive ketones (excluding diaryl/α,β-unsaturated/α-hetero) is 2. The van der Waals surface area contributed by atoms with Crippen LogP contribution in [-0.2, 0) is 34.0 Å². The molecular weight excluding hydrogens is 553 g/mol. The zero-order chi connectivity index (χ0) is 28.0. The molecule has 2 unspecified atom stereocenters. The van der Waals surface area contributed by atoms with E-state index < -0.39 is 27.0 Å². The van der Waals surface area contributed by atoms with Crippen molar-refractivity contribution in [1.82, 2.24) is 5.32 Å². The van der Waals surface area contributed by atoms with E-state index in [0.717, 1.165) is 6.42 Å². The van der Waals surface area contributed by atoms with E-state index in [9.17, 15) is 22.8 Å². The highest BCUT2D eigenvalue weighted by Gasteiger charge is 2.35. The molecule has 0 fully saturated rings. The van der Waals surface area contributed by atoms with Crippen molar-refractivity contribution in [3.8, 4) is 0 Å². The van der Waals surface area contributed by atoms with Crippen molar-refractivity contribution in [1.29, 1.82) is 0 Å². The average Bonchev–Trinajstić information content (AvgIpc) is 2.65. The Bertz CT molecular complexity index is 770. The molecule has 0 aliphatic rings. The summed E-state index contributed by atoms with van der Waals surface area (Å²) in [6.07, 6.45) is 3.22. The quantitative estimate of drug-likeness (QED) is 0.135. The molecule has 0 aliphatic heterocycles. The maximum atomic E-state index is 12.0. The fraction of sp³-hybridized carbons (Fsp3) is 0.900. The Hall–Kier alpha value is -1.43. The van der Waals surface area contributed by atoms with Crippen molar-refractivity contribution < 1.29 is 41.5 Å². The molecule has 0 spiro atoms. The van der Waals surface area contributed by atoms with Gasteiger partial charge in [-0.1, -0.05) is 64.8 Å². The van der Waals surface area contributed by atoms with Gasteiger partial charge in [0, 0.05) is 20.6 Å². The summed E-state index contributed by atoms with van der Waals surface area (Å²) in [5, 5.41) is 2.60. The first-order chi connectivity index (χ1) is 15.8. The smallest absolute Gasteiger partial charge is 0.267 e. The van der Waals surface area contributed by atoms with E-state index >= 15 is 0 Å². The third kappa shape index (κ3) is 29.8. The molecule has 2 atom stereocenters. The first-order valence-corrected chi connectivity index (χ1v) is 13.8. The predicted octanol–water partition coefficient (Wildman–Crippen LogP) is 7.32. The van der Waals surface area contributed by atoms with E-state index in [1.165, 1.54) is 27.9 Å².